The Morgan fingerprint density at radius 3 is 2.35 bits per heavy atom. The van der Waals surface area contributed by atoms with Crippen molar-refractivity contribution in [1.82, 2.24) is 0 Å². The molecule has 2 heteroatoms. The first-order valence-electron chi connectivity index (χ1n) is 10.0. The van der Waals surface area contributed by atoms with Gasteiger partial charge in [-0.05, 0) is 99.2 Å². The normalized spacial score (nSPS) is 55.7. The lowest BCUT2D eigenvalue weighted by Crippen LogP contribution is -2.54. The molecule has 1 N–H and O–H groups in total. The van der Waals surface area contributed by atoms with E-state index in [4.69, 9.17) is 0 Å². The van der Waals surface area contributed by atoms with Crippen molar-refractivity contribution in [1.29, 1.82) is 0 Å². The lowest BCUT2D eigenvalue weighted by Gasteiger charge is -2.60. The summed E-state index contributed by atoms with van der Waals surface area (Å²) in [4.78, 5) is 12.2. The molecule has 0 bridgehead atoms. The summed E-state index contributed by atoms with van der Waals surface area (Å²) in [7, 11) is 0. The van der Waals surface area contributed by atoms with Gasteiger partial charge in [0, 0.05) is 5.92 Å². The summed E-state index contributed by atoms with van der Waals surface area (Å²) in [5.41, 5.74) is 0.738. The minimum Gasteiger partial charge on any atom is -0.393 e. The van der Waals surface area contributed by atoms with Crippen LogP contribution >= 0.6 is 0 Å². The number of carbonyl (C=O) groups is 1. The van der Waals surface area contributed by atoms with Crippen LogP contribution in [-0.2, 0) is 4.79 Å². The third kappa shape index (κ3) is 2.19. The Labute approximate surface area is 141 Å². The zero-order valence-electron chi connectivity index (χ0n) is 15.2. The maximum Gasteiger partial charge on any atom is 0.133 e. The summed E-state index contributed by atoms with van der Waals surface area (Å²) in [5.74, 6) is 3.97. The SMILES string of the molecule is CC(=O)C1CC[C@H]2[C@@H]3CCC4C[C@H](O)CCC4(C)[C@H]3CCC12C. The van der Waals surface area contributed by atoms with Crippen LogP contribution < -0.4 is 0 Å². The molecule has 4 aliphatic rings. The molecule has 0 radical (unpaired) electrons. The number of aliphatic hydroxyl groups is 1. The van der Waals surface area contributed by atoms with Crippen LogP contribution in [0.5, 0.6) is 0 Å². The second-order valence-electron chi connectivity index (χ2n) is 9.87. The highest BCUT2D eigenvalue weighted by molar-refractivity contribution is 5.79. The van der Waals surface area contributed by atoms with Crippen LogP contribution in [0.15, 0.2) is 0 Å². The summed E-state index contributed by atoms with van der Waals surface area (Å²) >= 11 is 0. The standard InChI is InChI=1S/C21H34O2/c1-13(22)17-6-7-18-16-5-4-14-12-15(23)8-10-20(14,2)19(16)9-11-21(17,18)3/h14-19,23H,4-12H2,1-3H3/t14?,15-,16+,17?,18+,19+,20?,21?/m1/s1. The van der Waals surface area contributed by atoms with E-state index in [9.17, 15) is 9.90 Å². The highest BCUT2D eigenvalue weighted by Crippen LogP contribution is 2.67. The minimum absolute atomic E-state index is 0.0490. The number of rotatable bonds is 1. The number of Topliss-reactive ketones (excluding diaryl/α,β-unsaturated/α-hetero) is 1. The van der Waals surface area contributed by atoms with Crippen molar-refractivity contribution >= 4 is 5.78 Å². The average molecular weight is 319 g/mol. The van der Waals surface area contributed by atoms with Gasteiger partial charge in [0.05, 0.1) is 6.10 Å². The van der Waals surface area contributed by atoms with Gasteiger partial charge in [0.2, 0.25) is 0 Å². The predicted octanol–water partition coefficient (Wildman–Crippen LogP) is 4.60. The Balaban J connectivity index is 1.61. The van der Waals surface area contributed by atoms with Crippen LogP contribution in [-0.4, -0.2) is 17.0 Å². The first kappa shape index (κ1) is 16.1. The zero-order chi connectivity index (χ0) is 16.4. The largest absolute Gasteiger partial charge is 0.393 e. The molecule has 23 heavy (non-hydrogen) atoms. The topological polar surface area (TPSA) is 37.3 Å². The number of fused-ring (bicyclic) bond motifs is 5. The molecule has 0 saturated heterocycles. The molecule has 0 spiro atoms. The van der Waals surface area contributed by atoms with Crippen molar-refractivity contribution in [2.45, 2.75) is 84.7 Å². The van der Waals surface area contributed by atoms with E-state index in [0.29, 0.717) is 17.1 Å². The van der Waals surface area contributed by atoms with Crippen LogP contribution in [0.1, 0.15) is 78.6 Å². The van der Waals surface area contributed by atoms with E-state index in [2.05, 4.69) is 13.8 Å². The average Bonchev–Trinajstić information content (AvgIpc) is 2.85. The van der Waals surface area contributed by atoms with Crippen molar-refractivity contribution in [3.8, 4) is 0 Å². The smallest absolute Gasteiger partial charge is 0.133 e. The van der Waals surface area contributed by atoms with Gasteiger partial charge in [0.1, 0.15) is 5.78 Å². The maximum absolute atomic E-state index is 12.2. The van der Waals surface area contributed by atoms with E-state index in [1.807, 2.05) is 6.92 Å². The molecule has 2 nitrogen and oxygen atoms in total. The molecule has 4 unspecified atom stereocenters. The second kappa shape index (κ2) is 5.31. The van der Waals surface area contributed by atoms with Crippen molar-refractivity contribution in [3.05, 3.63) is 0 Å². The summed E-state index contributed by atoms with van der Waals surface area (Å²) in [6, 6.07) is 0. The van der Waals surface area contributed by atoms with Crippen LogP contribution in [0.2, 0.25) is 0 Å². The molecule has 0 aliphatic heterocycles. The zero-order valence-corrected chi connectivity index (χ0v) is 15.2. The van der Waals surface area contributed by atoms with E-state index >= 15 is 0 Å². The molecular weight excluding hydrogens is 284 g/mol. The van der Waals surface area contributed by atoms with Crippen LogP contribution in [0, 0.1) is 40.4 Å². The summed E-state index contributed by atoms with van der Waals surface area (Å²) in [6.07, 6.45) is 10.9. The number of carbonyl (C=O) groups excluding carboxylic acids is 1. The van der Waals surface area contributed by atoms with E-state index in [1.165, 1.54) is 38.5 Å². The fourth-order valence-electron chi connectivity index (χ4n) is 7.90. The van der Waals surface area contributed by atoms with Crippen molar-refractivity contribution in [2.24, 2.45) is 40.4 Å². The Morgan fingerprint density at radius 1 is 0.913 bits per heavy atom. The Morgan fingerprint density at radius 2 is 1.61 bits per heavy atom. The summed E-state index contributed by atoms with van der Waals surface area (Å²) < 4.78 is 0. The van der Waals surface area contributed by atoms with Gasteiger partial charge in [-0.15, -0.1) is 0 Å². The second-order valence-corrected chi connectivity index (χ2v) is 9.87. The van der Waals surface area contributed by atoms with Gasteiger partial charge in [0.15, 0.2) is 0 Å². The van der Waals surface area contributed by atoms with E-state index in [0.717, 1.165) is 42.9 Å². The number of hydrogen-bond donors (Lipinski definition) is 1. The molecule has 4 rings (SSSR count). The third-order valence-corrected chi connectivity index (χ3v) is 9.13. The Hall–Kier alpha value is -0.370. The molecule has 130 valence electrons. The number of aliphatic hydroxyl groups excluding tert-OH is 1. The fourth-order valence-corrected chi connectivity index (χ4v) is 7.90. The molecule has 8 atom stereocenters. The third-order valence-electron chi connectivity index (χ3n) is 9.13. The van der Waals surface area contributed by atoms with E-state index < -0.39 is 0 Å². The van der Waals surface area contributed by atoms with Gasteiger partial charge in [-0.25, -0.2) is 0 Å². The molecule has 0 aromatic heterocycles. The molecule has 0 amide bonds. The van der Waals surface area contributed by atoms with Crippen molar-refractivity contribution in [2.75, 3.05) is 0 Å². The van der Waals surface area contributed by atoms with Gasteiger partial charge in [-0.3, -0.25) is 4.79 Å². The van der Waals surface area contributed by atoms with Crippen LogP contribution in [0.4, 0.5) is 0 Å². The molecule has 0 aromatic rings. The molecular formula is C21H34O2. The van der Waals surface area contributed by atoms with Gasteiger partial charge in [0.25, 0.3) is 0 Å². The summed E-state index contributed by atoms with van der Waals surface area (Å²) in [5, 5.41) is 10.1. The lowest BCUT2D eigenvalue weighted by molar-refractivity contribution is -0.138. The quantitative estimate of drug-likeness (QED) is 0.767. The highest BCUT2D eigenvalue weighted by atomic mass is 16.3. The van der Waals surface area contributed by atoms with Gasteiger partial charge in [-0.1, -0.05) is 13.8 Å². The van der Waals surface area contributed by atoms with E-state index in [-0.39, 0.29) is 11.5 Å². The maximum atomic E-state index is 12.2. The van der Waals surface area contributed by atoms with Gasteiger partial charge >= 0.3 is 0 Å². The van der Waals surface area contributed by atoms with Gasteiger partial charge < -0.3 is 5.11 Å². The molecule has 4 aliphatic carbocycles. The van der Waals surface area contributed by atoms with E-state index in [1.54, 1.807) is 0 Å². The molecule has 4 saturated carbocycles. The molecule has 0 heterocycles. The molecule has 4 fully saturated rings. The van der Waals surface area contributed by atoms with Crippen molar-refractivity contribution < 1.29 is 9.90 Å². The van der Waals surface area contributed by atoms with Crippen molar-refractivity contribution in [3.63, 3.8) is 0 Å². The van der Waals surface area contributed by atoms with Crippen LogP contribution in [0.3, 0.4) is 0 Å². The number of ketones is 1. The summed E-state index contributed by atoms with van der Waals surface area (Å²) in [6.45, 7) is 6.80. The minimum atomic E-state index is -0.0490. The lowest BCUT2D eigenvalue weighted by atomic mass is 9.44. The highest BCUT2D eigenvalue weighted by Gasteiger charge is 2.60. The predicted molar refractivity (Wildman–Crippen MR) is 91.9 cm³/mol. The monoisotopic (exact) mass is 318 g/mol. The number of hydrogen-bond acceptors (Lipinski definition) is 2. The fraction of sp³-hybridized carbons (Fsp3) is 0.952. The first-order chi connectivity index (χ1) is 10.9. The Bertz CT molecular complexity index is 500. The first-order valence-corrected chi connectivity index (χ1v) is 10.0. The molecule has 0 aromatic carbocycles. The Kier molecular flexibility index (Phi) is 3.72. The van der Waals surface area contributed by atoms with Crippen LogP contribution in [0.25, 0.3) is 0 Å². The van der Waals surface area contributed by atoms with Gasteiger partial charge in [-0.2, -0.15) is 0 Å².